The van der Waals surface area contributed by atoms with Crippen LogP contribution >= 0.6 is 0 Å². The van der Waals surface area contributed by atoms with Gasteiger partial charge in [0.1, 0.15) is 24.3 Å². The Bertz CT molecular complexity index is 1360. The van der Waals surface area contributed by atoms with Crippen molar-refractivity contribution < 1.29 is 14.6 Å². The van der Waals surface area contributed by atoms with Crippen molar-refractivity contribution >= 4 is 22.6 Å². The average Bonchev–Trinajstić information content (AvgIpc) is 3.41. The number of benzene rings is 3. The molecule has 0 spiro atoms. The van der Waals surface area contributed by atoms with Crippen molar-refractivity contribution in [1.82, 2.24) is 9.55 Å². The zero-order valence-electron chi connectivity index (χ0n) is 20.4. The molecule has 6 nitrogen and oxygen atoms in total. The third-order valence-electron chi connectivity index (χ3n) is 6.69. The van der Waals surface area contributed by atoms with Gasteiger partial charge in [0.25, 0.3) is 0 Å². The molecule has 1 aromatic heterocycles. The maximum absolute atomic E-state index is 12.9. The molecule has 1 saturated heterocycles. The number of hydrogen-bond acceptors (Lipinski definition) is 4. The topological polar surface area (TPSA) is 67.6 Å². The predicted octanol–water partition coefficient (Wildman–Crippen LogP) is 4.92. The molecule has 2 atom stereocenters. The summed E-state index contributed by atoms with van der Waals surface area (Å²) in [6.07, 6.45) is -0.330. The van der Waals surface area contributed by atoms with Crippen molar-refractivity contribution in [1.29, 1.82) is 0 Å². The van der Waals surface area contributed by atoms with Gasteiger partial charge in [0, 0.05) is 24.6 Å². The molecule has 6 heteroatoms. The molecule has 3 aromatic carbocycles. The lowest BCUT2D eigenvalue weighted by Crippen LogP contribution is -2.26. The van der Waals surface area contributed by atoms with Gasteiger partial charge in [-0.2, -0.15) is 0 Å². The third-order valence-corrected chi connectivity index (χ3v) is 6.69. The molecule has 1 aliphatic rings. The summed E-state index contributed by atoms with van der Waals surface area (Å²) in [6, 6.07) is 22.0. The van der Waals surface area contributed by atoms with E-state index in [9.17, 15) is 9.90 Å². The number of hydrogen-bond donors (Lipinski definition) is 1. The Labute approximate surface area is 205 Å². The Morgan fingerprint density at radius 3 is 2.57 bits per heavy atom. The summed E-state index contributed by atoms with van der Waals surface area (Å²) in [5.41, 5.74) is 6.05. The van der Waals surface area contributed by atoms with E-state index in [2.05, 4.69) is 4.57 Å². The average molecular weight is 470 g/mol. The smallest absolute Gasteiger partial charge is 0.227 e. The van der Waals surface area contributed by atoms with E-state index in [1.165, 1.54) is 0 Å². The van der Waals surface area contributed by atoms with Crippen LogP contribution in [0.25, 0.3) is 11.0 Å². The van der Waals surface area contributed by atoms with E-state index in [4.69, 9.17) is 9.72 Å². The highest BCUT2D eigenvalue weighted by Gasteiger charge is 2.35. The van der Waals surface area contributed by atoms with E-state index in [1.807, 2.05) is 92.4 Å². The van der Waals surface area contributed by atoms with Crippen LogP contribution in [0.1, 0.15) is 34.9 Å². The normalized spacial score (nSPS) is 16.7. The zero-order chi connectivity index (χ0) is 24.5. The maximum Gasteiger partial charge on any atom is 0.227 e. The first-order valence-electron chi connectivity index (χ1n) is 12.1. The summed E-state index contributed by atoms with van der Waals surface area (Å²) >= 11 is 0. The molecule has 4 aromatic rings. The molecule has 1 amide bonds. The number of ether oxygens (including phenoxy) is 1. The summed E-state index contributed by atoms with van der Waals surface area (Å²) in [4.78, 5) is 19.7. The lowest BCUT2D eigenvalue weighted by Gasteiger charge is -2.19. The zero-order valence-corrected chi connectivity index (χ0v) is 20.4. The van der Waals surface area contributed by atoms with Crippen molar-refractivity contribution in [3.05, 3.63) is 89.2 Å². The lowest BCUT2D eigenvalue weighted by molar-refractivity contribution is -0.117. The second-order valence-electron chi connectivity index (χ2n) is 9.54. The Kier molecular flexibility index (Phi) is 6.31. The molecule has 0 radical (unpaired) electrons. The number of imidazole rings is 1. The van der Waals surface area contributed by atoms with Crippen LogP contribution in [-0.2, 0) is 11.3 Å². The molecule has 1 N–H and O–H groups in total. The Balaban J connectivity index is 1.38. The fraction of sp³-hybridized carbons (Fsp3) is 0.310. The number of carbonyl (C=O) groups excluding carboxylic acids is 1. The standard InChI is InChI=1S/C29H31N3O3/c1-19-9-12-23(13-10-19)31-16-22(15-28(31)34)29-30-25-6-4-5-7-26(25)32(29)17-24(33)18-35-27-14-20(2)8-11-21(27)3/h4-14,22,24,33H,15-18H2,1-3H3/t22-,24-/m1/s1. The molecule has 35 heavy (non-hydrogen) atoms. The predicted molar refractivity (Wildman–Crippen MR) is 138 cm³/mol. The van der Waals surface area contributed by atoms with E-state index < -0.39 is 6.10 Å². The SMILES string of the molecule is Cc1ccc(N2C[C@H](c3nc4ccccc4n3C[C@@H](O)COc3cc(C)ccc3C)CC2=O)cc1. The first-order chi connectivity index (χ1) is 16.9. The molecule has 2 heterocycles. The van der Waals surface area contributed by atoms with E-state index in [0.29, 0.717) is 19.5 Å². The van der Waals surface area contributed by atoms with Gasteiger partial charge in [-0.25, -0.2) is 4.98 Å². The number of nitrogens with zero attached hydrogens (tertiary/aromatic N) is 3. The van der Waals surface area contributed by atoms with Gasteiger partial charge < -0.3 is 19.3 Å². The number of aliphatic hydroxyl groups is 1. The van der Waals surface area contributed by atoms with Crippen LogP contribution in [0.5, 0.6) is 5.75 Å². The van der Waals surface area contributed by atoms with Crippen LogP contribution < -0.4 is 9.64 Å². The molecular weight excluding hydrogens is 438 g/mol. The molecule has 0 bridgehead atoms. The highest BCUT2D eigenvalue weighted by molar-refractivity contribution is 5.96. The monoisotopic (exact) mass is 469 g/mol. The number of anilines is 1. The minimum absolute atomic E-state index is 0.0525. The third kappa shape index (κ3) is 4.80. The van der Waals surface area contributed by atoms with Gasteiger partial charge in [-0.05, 0) is 62.2 Å². The molecule has 1 aliphatic heterocycles. The number of aromatic nitrogens is 2. The molecule has 0 aliphatic carbocycles. The minimum Gasteiger partial charge on any atom is -0.491 e. The Morgan fingerprint density at radius 2 is 1.77 bits per heavy atom. The van der Waals surface area contributed by atoms with Crippen LogP contribution in [0.2, 0.25) is 0 Å². The molecule has 5 rings (SSSR count). The van der Waals surface area contributed by atoms with Gasteiger partial charge >= 0.3 is 0 Å². The highest BCUT2D eigenvalue weighted by atomic mass is 16.5. The first kappa shape index (κ1) is 23.1. The van der Waals surface area contributed by atoms with Crippen LogP contribution in [0.4, 0.5) is 5.69 Å². The molecule has 1 fully saturated rings. The minimum atomic E-state index is -0.725. The van der Waals surface area contributed by atoms with Crippen LogP contribution in [0, 0.1) is 20.8 Å². The van der Waals surface area contributed by atoms with Gasteiger partial charge in [0.05, 0.1) is 17.6 Å². The number of aryl methyl sites for hydroxylation is 3. The largest absolute Gasteiger partial charge is 0.491 e. The van der Waals surface area contributed by atoms with Crippen molar-refractivity contribution in [2.45, 2.75) is 45.8 Å². The van der Waals surface area contributed by atoms with Crippen LogP contribution in [0.3, 0.4) is 0 Å². The number of amides is 1. The molecule has 180 valence electrons. The van der Waals surface area contributed by atoms with Crippen molar-refractivity contribution in [3.8, 4) is 5.75 Å². The van der Waals surface area contributed by atoms with E-state index in [0.717, 1.165) is 45.0 Å². The fourth-order valence-corrected chi connectivity index (χ4v) is 4.76. The van der Waals surface area contributed by atoms with Crippen molar-refractivity contribution in [3.63, 3.8) is 0 Å². The number of para-hydroxylation sites is 2. The van der Waals surface area contributed by atoms with E-state index >= 15 is 0 Å². The van der Waals surface area contributed by atoms with E-state index in [-0.39, 0.29) is 18.4 Å². The fourth-order valence-electron chi connectivity index (χ4n) is 4.76. The van der Waals surface area contributed by atoms with Crippen LogP contribution in [-0.4, -0.2) is 39.8 Å². The van der Waals surface area contributed by atoms with Gasteiger partial charge in [0.15, 0.2) is 0 Å². The molecule has 0 saturated carbocycles. The quantitative estimate of drug-likeness (QED) is 0.417. The van der Waals surface area contributed by atoms with Gasteiger partial charge in [0.2, 0.25) is 5.91 Å². The summed E-state index contributed by atoms with van der Waals surface area (Å²) in [5.74, 6) is 1.66. The summed E-state index contributed by atoms with van der Waals surface area (Å²) < 4.78 is 8.02. The summed E-state index contributed by atoms with van der Waals surface area (Å²) in [7, 11) is 0. The highest BCUT2D eigenvalue weighted by Crippen LogP contribution is 2.33. The number of aliphatic hydroxyl groups excluding tert-OH is 1. The van der Waals surface area contributed by atoms with Gasteiger partial charge in [-0.15, -0.1) is 0 Å². The lowest BCUT2D eigenvalue weighted by atomic mass is 10.1. The Hall–Kier alpha value is -3.64. The second-order valence-corrected chi connectivity index (χ2v) is 9.54. The van der Waals surface area contributed by atoms with Crippen molar-refractivity contribution in [2.24, 2.45) is 0 Å². The summed E-state index contributed by atoms with van der Waals surface area (Å²) in [5, 5.41) is 10.9. The summed E-state index contributed by atoms with van der Waals surface area (Å²) in [6.45, 7) is 7.15. The van der Waals surface area contributed by atoms with Crippen LogP contribution in [0.15, 0.2) is 66.7 Å². The number of fused-ring (bicyclic) bond motifs is 1. The number of carbonyl (C=O) groups is 1. The molecular formula is C29H31N3O3. The second kappa shape index (κ2) is 9.55. The number of rotatable bonds is 7. The van der Waals surface area contributed by atoms with Crippen molar-refractivity contribution in [2.75, 3.05) is 18.1 Å². The molecule has 0 unspecified atom stereocenters. The van der Waals surface area contributed by atoms with Gasteiger partial charge in [-0.1, -0.05) is 42.0 Å². The first-order valence-corrected chi connectivity index (χ1v) is 12.1. The van der Waals surface area contributed by atoms with E-state index in [1.54, 1.807) is 0 Å². The maximum atomic E-state index is 12.9. The van der Waals surface area contributed by atoms with Gasteiger partial charge in [-0.3, -0.25) is 4.79 Å². The Morgan fingerprint density at radius 1 is 1.03 bits per heavy atom.